The molecule has 0 radical (unpaired) electrons. The number of anilines is 3. The molecule has 0 aliphatic carbocycles. The van der Waals surface area contributed by atoms with E-state index in [-0.39, 0.29) is 0 Å². The molecular formula is C48H34N2. The summed E-state index contributed by atoms with van der Waals surface area (Å²) in [6.07, 6.45) is 0. The van der Waals surface area contributed by atoms with Crippen LogP contribution in [0.2, 0.25) is 0 Å². The summed E-state index contributed by atoms with van der Waals surface area (Å²) in [5, 5.41) is 2.48. The molecule has 2 nitrogen and oxygen atoms in total. The van der Waals surface area contributed by atoms with Gasteiger partial charge >= 0.3 is 0 Å². The Kier molecular flexibility index (Phi) is 7.53. The number of hydrogen-bond donors (Lipinski definition) is 0. The Bertz CT molecular complexity index is 2550. The molecule has 9 rings (SSSR count). The molecule has 50 heavy (non-hydrogen) atoms. The maximum atomic E-state index is 2.40. The summed E-state index contributed by atoms with van der Waals surface area (Å²) in [5.41, 5.74) is 14.0. The zero-order valence-electron chi connectivity index (χ0n) is 27.5. The van der Waals surface area contributed by atoms with E-state index in [1.165, 1.54) is 55.2 Å². The standard InChI is InChI=1S/C48H34N2/c1-4-14-35(15-5-1)37-24-26-39(27-25-37)43-20-10-12-22-46(43)49(41-30-28-38(29-31-41)36-16-6-2-7-17-36)42-32-33-45-44-21-11-13-23-47(44)50(48(45)34-42)40-18-8-3-9-19-40/h1-34H. The van der Waals surface area contributed by atoms with E-state index in [1.807, 2.05) is 0 Å². The van der Waals surface area contributed by atoms with E-state index in [4.69, 9.17) is 0 Å². The number of fused-ring (bicyclic) bond motifs is 3. The van der Waals surface area contributed by atoms with Crippen molar-refractivity contribution in [3.05, 3.63) is 206 Å². The highest BCUT2D eigenvalue weighted by Gasteiger charge is 2.20. The molecule has 2 heteroatoms. The number of benzene rings is 8. The Morgan fingerprint density at radius 1 is 0.320 bits per heavy atom. The predicted octanol–water partition coefficient (Wildman–Crippen LogP) is 13.3. The first-order valence-electron chi connectivity index (χ1n) is 17.1. The van der Waals surface area contributed by atoms with Gasteiger partial charge in [-0.25, -0.2) is 0 Å². The van der Waals surface area contributed by atoms with Crippen molar-refractivity contribution in [3.63, 3.8) is 0 Å². The van der Waals surface area contributed by atoms with E-state index < -0.39 is 0 Å². The Labute approximate surface area is 292 Å². The van der Waals surface area contributed by atoms with Gasteiger partial charge < -0.3 is 9.47 Å². The molecule has 0 aliphatic heterocycles. The van der Waals surface area contributed by atoms with Crippen LogP contribution in [-0.2, 0) is 0 Å². The molecule has 0 unspecified atom stereocenters. The van der Waals surface area contributed by atoms with Gasteiger partial charge in [0.1, 0.15) is 0 Å². The monoisotopic (exact) mass is 638 g/mol. The molecule has 236 valence electrons. The second-order valence-corrected chi connectivity index (χ2v) is 12.6. The Balaban J connectivity index is 1.24. The second-order valence-electron chi connectivity index (χ2n) is 12.6. The van der Waals surface area contributed by atoms with Gasteiger partial charge in [0.25, 0.3) is 0 Å². The van der Waals surface area contributed by atoms with Gasteiger partial charge in [-0.3, -0.25) is 0 Å². The smallest absolute Gasteiger partial charge is 0.0561 e. The minimum Gasteiger partial charge on any atom is -0.310 e. The first-order chi connectivity index (χ1) is 24.8. The molecule has 0 aliphatic rings. The average Bonchev–Trinajstić information content (AvgIpc) is 3.53. The van der Waals surface area contributed by atoms with Gasteiger partial charge in [-0.15, -0.1) is 0 Å². The fourth-order valence-electron chi connectivity index (χ4n) is 7.20. The summed E-state index contributed by atoms with van der Waals surface area (Å²) in [5.74, 6) is 0. The lowest BCUT2D eigenvalue weighted by molar-refractivity contribution is 1.18. The van der Waals surface area contributed by atoms with Crippen molar-refractivity contribution in [2.24, 2.45) is 0 Å². The normalized spacial score (nSPS) is 11.2. The maximum absolute atomic E-state index is 2.40. The minimum absolute atomic E-state index is 1.10. The SMILES string of the molecule is c1ccc(-c2ccc(-c3ccccc3N(c3ccc(-c4ccccc4)cc3)c3ccc4c5ccccc5n(-c5ccccc5)c4c3)cc2)cc1. The summed E-state index contributed by atoms with van der Waals surface area (Å²) in [4.78, 5) is 2.40. The van der Waals surface area contributed by atoms with Crippen LogP contribution < -0.4 is 4.90 Å². The van der Waals surface area contributed by atoms with Crippen molar-refractivity contribution in [2.75, 3.05) is 4.90 Å². The molecule has 0 fully saturated rings. The molecule has 0 N–H and O–H groups in total. The summed E-state index contributed by atoms with van der Waals surface area (Å²) >= 11 is 0. The van der Waals surface area contributed by atoms with Gasteiger partial charge in [-0.1, -0.05) is 158 Å². The topological polar surface area (TPSA) is 8.17 Å². The summed E-state index contributed by atoms with van der Waals surface area (Å²) in [6, 6.07) is 74.1. The van der Waals surface area contributed by atoms with Crippen molar-refractivity contribution < 1.29 is 0 Å². The van der Waals surface area contributed by atoms with Crippen LogP contribution in [0.5, 0.6) is 0 Å². The van der Waals surface area contributed by atoms with E-state index in [1.54, 1.807) is 0 Å². The van der Waals surface area contributed by atoms with Crippen molar-refractivity contribution in [3.8, 4) is 39.1 Å². The molecule has 0 saturated heterocycles. The van der Waals surface area contributed by atoms with E-state index in [2.05, 4.69) is 216 Å². The van der Waals surface area contributed by atoms with Gasteiger partial charge in [0, 0.05) is 33.4 Å². The van der Waals surface area contributed by atoms with E-state index in [0.29, 0.717) is 0 Å². The molecule has 0 amide bonds. The number of aromatic nitrogens is 1. The number of rotatable bonds is 7. The van der Waals surface area contributed by atoms with Crippen LogP contribution in [-0.4, -0.2) is 4.57 Å². The number of para-hydroxylation sites is 3. The highest BCUT2D eigenvalue weighted by molar-refractivity contribution is 6.10. The minimum atomic E-state index is 1.10. The van der Waals surface area contributed by atoms with Crippen molar-refractivity contribution >= 4 is 38.9 Å². The van der Waals surface area contributed by atoms with Crippen LogP contribution in [0.3, 0.4) is 0 Å². The zero-order valence-corrected chi connectivity index (χ0v) is 27.5. The Hall–Kier alpha value is -6.64. The molecule has 0 bridgehead atoms. The van der Waals surface area contributed by atoms with Gasteiger partial charge in [-0.05, 0) is 76.3 Å². The van der Waals surface area contributed by atoms with Crippen LogP contribution in [0.4, 0.5) is 17.1 Å². The van der Waals surface area contributed by atoms with Gasteiger partial charge in [-0.2, -0.15) is 0 Å². The van der Waals surface area contributed by atoms with Crippen LogP contribution in [0.1, 0.15) is 0 Å². The first kappa shape index (κ1) is 29.5. The fourth-order valence-corrected chi connectivity index (χ4v) is 7.20. The summed E-state index contributed by atoms with van der Waals surface area (Å²) in [7, 11) is 0. The highest BCUT2D eigenvalue weighted by Crippen LogP contribution is 2.43. The van der Waals surface area contributed by atoms with Gasteiger partial charge in [0.15, 0.2) is 0 Å². The summed E-state index contributed by atoms with van der Waals surface area (Å²) < 4.78 is 2.39. The van der Waals surface area contributed by atoms with Crippen LogP contribution in [0.25, 0.3) is 60.9 Å². The highest BCUT2D eigenvalue weighted by atomic mass is 15.1. The van der Waals surface area contributed by atoms with Crippen LogP contribution >= 0.6 is 0 Å². The lowest BCUT2D eigenvalue weighted by Gasteiger charge is -2.28. The molecule has 8 aromatic carbocycles. The van der Waals surface area contributed by atoms with Gasteiger partial charge in [0.2, 0.25) is 0 Å². The van der Waals surface area contributed by atoms with Crippen molar-refractivity contribution in [1.29, 1.82) is 0 Å². The van der Waals surface area contributed by atoms with E-state index in [9.17, 15) is 0 Å². The second kappa shape index (κ2) is 12.8. The molecule has 1 aromatic heterocycles. The third kappa shape index (κ3) is 5.34. The van der Waals surface area contributed by atoms with Crippen LogP contribution in [0, 0.1) is 0 Å². The summed E-state index contributed by atoms with van der Waals surface area (Å²) in [6.45, 7) is 0. The molecule has 1 heterocycles. The van der Waals surface area contributed by atoms with E-state index >= 15 is 0 Å². The third-order valence-electron chi connectivity index (χ3n) is 9.61. The molecule has 0 saturated carbocycles. The van der Waals surface area contributed by atoms with Crippen molar-refractivity contribution in [2.45, 2.75) is 0 Å². The molecule has 9 aromatic rings. The van der Waals surface area contributed by atoms with E-state index in [0.717, 1.165) is 22.7 Å². The van der Waals surface area contributed by atoms with Crippen LogP contribution in [0.15, 0.2) is 206 Å². The molecule has 0 spiro atoms. The average molecular weight is 639 g/mol. The zero-order chi connectivity index (χ0) is 33.3. The third-order valence-corrected chi connectivity index (χ3v) is 9.61. The lowest BCUT2D eigenvalue weighted by atomic mass is 9.98. The Morgan fingerprint density at radius 2 is 0.800 bits per heavy atom. The molecular weight excluding hydrogens is 605 g/mol. The first-order valence-corrected chi connectivity index (χ1v) is 17.1. The largest absolute Gasteiger partial charge is 0.310 e. The predicted molar refractivity (Wildman–Crippen MR) is 212 cm³/mol. The molecule has 0 atom stereocenters. The lowest BCUT2D eigenvalue weighted by Crippen LogP contribution is -2.11. The Morgan fingerprint density at radius 3 is 1.48 bits per heavy atom. The van der Waals surface area contributed by atoms with Gasteiger partial charge in [0.05, 0.1) is 16.7 Å². The maximum Gasteiger partial charge on any atom is 0.0561 e. The van der Waals surface area contributed by atoms with Crippen molar-refractivity contribution in [1.82, 2.24) is 4.57 Å². The quantitative estimate of drug-likeness (QED) is 0.169. The number of nitrogens with zero attached hydrogens (tertiary/aromatic N) is 2. The number of hydrogen-bond acceptors (Lipinski definition) is 1. The fraction of sp³-hybridized carbons (Fsp3) is 0.